The summed E-state index contributed by atoms with van der Waals surface area (Å²) in [4.78, 5) is 8.14. The summed E-state index contributed by atoms with van der Waals surface area (Å²) in [5, 5.41) is 12.2. The summed E-state index contributed by atoms with van der Waals surface area (Å²) in [7, 11) is 0. The number of aryl methyl sites for hydroxylation is 1. The highest BCUT2D eigenvalue weighted by molar-refractivity contribution is 5.03. The first-order valence-electron chi connectivity index (χ1n) is 7.25. The second-order valence-electron chi connectivity index (χ2n) is 5.24. The molecule has 106 valence electrons. The summed E-state index contributed by atoms with van der Waals surface area (Å²) in [6, 6.07) is 2.09. The molecule has 20 heavy (non-hydrogen) atoms. The number of nitrogens with one attached hydrogen (secondary N) is 1. The van der Waals surface area contributed by atoms with Crippen molar-refractivity contribution in [3.05, 3.63) is 35.9 Å². The molecule has 0 amide bonds. The van der Waals surface area contributed by atoms with Gasteiger partial charge in [-0.3, -0.25) is 0 Å². The highest BCUT2D eigenvalue weighted by Gasteiger charge is 2.18. The van der Waals surface area contributed by atoms with E-state index >= 15 is 0 Å². The Morgan fingerprint density at radius 2 is 2.25 bits per heavy atom. The molecule has 3 rings (SSSR count). The largest absolute Gasteiger partial charge is 0.314 e. The van der Waals surface area contributed by atoms with Crippen molar-refractivity contribution in [2.75, 3.05) is 0 Å². The number of nitrogens with zero attached hydrogens (tertiary/aromatic N) is 5. The molecule has 0 radical (unpaired) electrons. The Balaban J connectivity index is 1.68. The van der Waals surface area contributed by atoms with Gasteiger partial charge in [-0.2, -0.15) is 0 Å². The first kappa shape index (κ1) is 13.2. The van der Waals surface area contributed by atoms with Crippen LogP contribution in [0, 0.1) is 0 Å². The molecule has 0 saturated heterocycles. The van der Waals surface area contributed by atoms with Crippen molar-refractivity contribution < 1.29 is 0 Å². The van der Waals surface area contributed by atoms with Crippen LogP contribution < -0.4 is 5.32 Å². The van der Waals surface area contributed by atoms with Crippen molar-refractivity contribution in [3.63, 3.8) is 0 Å². The zero-order chi connectivity index (χ0) is 13.8. The summed E-state index contributed by atoms with van der Waals surface area (Å²) in [5.41, 5.74) is 0.988. The smallest absolute Gasteiger partial charge is 0.149 e. The lowest BCUT2D eigenvalue weighted by Crippen LogP contribution is -2.22. The Morgan fingerprint density at radius 1 is 1.30 bits per heavy atom. The fourth-order valence-corrected chi connectivity index (χ4v) is 2.60. The molecule has 0 bridgehead atoms. The molecular formula is C14H20N6. The maximum atomic E-state index is 4.37. The molecule has 1 aliphatic rings. The first-order valence-corrected chi connectivity index (χ1v) is 7.25. The van der Waals surface area contributed by atoms with Crippen molar-refractivity contribution >= 4 is 0 Å². The van der Waals surface area contributed by atoms with E-state index in [9.17, 15) is 0 Å². The van der Waals surface area contributed by atoms with Gasteiger partial charge in [0.15, 0.2) is 0 Å². The Hall–Kier alpha value is -1.82. The summed E-state index contributed by atoms with van der Waals surface area (Å²) in [5.74, 6) is 2.17. The summed E-state index contributed by atoms with van der Waals surface area (Å²) in [6.07, 6.45) is 8.11. The molecule has 6 heteroatoms. The van der Waals surface area contributed by atoms with Crippen LogP contribution in [0.3, 0.4) is 0 Å². The van der Waals surface area contributed by atoms with Gasteiger partial charge >= 0.3 is 0 Å². The average molecular weight is 272 g/mol. The molecule has 1 unspecified atom stereocenters. The quantitative estimate of drug-likeness (QED) is 0.916. The third kappa shape index (κ3) is 2.85. The third-order valence-electron chi connectivity index (χ3n) is 3.76. The van der Waals surface area contributed by atoms with Gasteiger partial charge in [-0.1, -0.05) is 6.42 Å². The van der Waals surface area contributed by atoms with Crippen LogP contribution in [0.25, 0.3) is 0 Å². The number of rotatable bonds is 4. The second kappa shape index (κ2) is 6.09. The lowest BCUT2D eigenvalue weighted by atomic mass is 10.2. The highest BCUT2D eigenvalue weighted by Crippen LogP contribution is 2.18. The monoisotopic (exact) mass is 272 g/mol. The molecule has 0 saturated carbocycles. The predicted octanol–water partition coefficient (Wildman–Crippen LogP) is 1.65. The molecule has 0 aliphatic carbocycles. The normalized spacial score (nSPS) is 16.4. The van der Waals surface area contributed by atoms with Crippen LogP contribution in [0.15, 0.2) is 18.6 Å². The van der Waals surface area contributed by atoms with E-state index in [1.165, 1.54) is 19.3 Å². The maximum absolute atomic E-state index is 4.37. The maximum Gasteiger partial charge on any atom is 0.149 e. The van der Waals surface area contributed by atoms with Gasteiger partial charge in [0.05, 0.1) is 11.7 Å². The van der Waals surface area contributed by atoms with E-state index < -0.39 is 0 Å². The molecule has 0 aromatic carbocycles. The van der Waals surface area contributed by atoms with Gasteiger partial charge in [0.2, 0.25) is 0 Å². The van der Waals surface area contributed by atoms with Crippen LogP contribution in [0.2, 0.25) is 0 Å². The molecule has 2 aromatic rings. The van der Waals surface area contributed by atoms with Gasteiger partial charge in [0.25, 0.3) is 0 Å². The predicted molar refractivity (Wildman–Crippen MR) is 74.9 cm³/mol. The number of hydrogen-bond acceptors (Lipinski definition) is 5. The molecule has 1 atom stereocenters. The molecule has 1 N–H and O–H groups in total. The second-order valence-corrected chi connectivity index (χ2v) is 5.24. The van der Waals surface area contributed by atoms with Crippen LogP contribution in [-0.4, -0.2) is 24.7 Å². The van der Waals surface area contributed by atoms with Gasteiger partial charge < -0.3 is 9.88 Å². The molecule has 3 heterocycles. The number of hydrogen-bond donors (Lipinski definition) is 1. The van der Waals surface area contributed by atoms with Gasteiger partial charge in [0, 0.05) is 25.7 Å². The van der Waals surface area contributed by atoms with E-state index in [4.69, 9.17) is 0 Å². The standard InChI is InChI=1S/C14H20N6/c1-11(16-9-12-6-7-15-10-17-12)14-19-18-13-5-3-2-4-8-20(13)14/h6-7,10-11,16H,2-5,8-9H2,1H3. The van der Waals surface area contributed by atoms with Crippen LogP contribution in [0.5, 0.6) is 0 Å². The molecule has 6 nitrogen and oxygen atoms in total. The Bertz CT molecular complexity index is 550. The lowest BCUT2D eigenvalue weighted by Gasteiger charge is -2.14. The zero-order valence-corrected chi connectivity index (χ0v) is 11.8. The van der Waals surface area contributed by atoms with Crippen LogP contribution >= 0.6 is 0 Å². The number of fused-ring (bicyclic) bond motifs is 1. The van der Waals surface area contributed by atoms with E-state index in [0.29, 0.717) is 6.54 Å². The van der Waals surface area contributed by atoms with E-state index in [1.807, 2.05) is 6.07 Å². The van der Waals surface area contributed by atoms with E-state index in [0.717, 1.165) is 30.3 Å². The molecule has 1 aliphatic heterocycles. The van der Waals surface area contributed by atoms with Crippen molar-refractivity contribution in [1.29, 1.82) is 0 Å². The highest BCUT2D eigenvalue weighted by atomic mass is 15.3. The zero-order valence-electron chi connectivity index (χ0n) is 11.8. The Labute approximate surface area is 118 Å². The topological polar surface area (TPSA) is 68.5 Å². The van der Waals surface area contributed by atoms with Crippen molar-refractivity contribution in [3.8, 4) is 0 Å². The van der Waals surface area contributed by atoms with Crippen LogP contribution in [0.4, 0.5) is 0 Å². The lowest BCUT2D eigenvalue weighted by molar-refractivity contribution is 0.498. The van der Waals surface area contributed by atoms with E-state index in [2.05, 4.69) is 37.0 Å². The SMILES string of the molecule is CC(NCc1ccncn1)c1nnc2n1CCCCC2. The Kier molecular flexibility index (Phi) is 4.01. The molecule has 2 aromatic heterocycles. The molecule has 0 fully saturated rings. The fourth-order valence-electron chi connectivity index (χ4n) is 2.60. The van der Waals surface area contributed by atoms with Gasteiger partial charge in [-0.05, 0) is 25.8 Å². The summed E-state index contributed by atoms with van der Waals surface area (Å²) in [6.45, 7) is 3.88. The van der Waals surface area contributed by atoms with Gasteiger partial charge in [-0.25, -0.2) is 9.97 Å². The van der Waals surface area contributed by atoms with Gasteiger partial charge in [0.1, 0.15) is 18.0 Å². The summed E-state index contributed by atoms with van der Waals surface area (Å²) >= 11 is 0. The third-order valence-corrected chi connectivity index (χ3v) is 3.76. The van der Waals surface area contributed by atoms with Crippen LogP contribution in [0.1, 0.15) is 49.6 Å². The minimum atomic E-state index is 0.171. The number of aromatic nitrogens is 5. The average Bonchev–Trinajstić information content (AvgIpc) is 2.75. The van der Waals surface area contributed by atoms with Gasteiger partial charge in [-0.15, -0.1) is 10.2 Å². The van der Waals surface area contributed by atoms with Crippen molar-refractivity contribution in [2.45, 2.75) is 51.7 Å². The minimum absolute atomic E-state index is 0.171. The fraction of sp³-hybridized carbons (Fsp3) is 0.571. The van der Waals surface area contributed by atoms with Crippen LogP contribution in [-0.2, 0) is 19.5 Å². The molecule has 0 spiro atoms. The van der Waals surface area contributed by atoms with E-state index in [-0.39, 0.29) is 6.04 Å². The summed E-state index contributed by atoms with van der Waals surface area (Å²) < 4.78 is 2.28. The van der Waals surface area contributed by atoms with E-state index in [1.54, 1.807) is 12.5 Å². The molecular weight excluding hydrogens is 252 g/mol. The van der Waals surface area contributed by atoms with Crippen molar-refractivity contribution in [2.24, 2.45) is 0 Å². The first-order chi connectivity index (χ1) is 9.84. The Morgan fingerprint density at radius 3 is 3.10 bits per heavy atom. The van der Waals surface area contributed by atoms with Crippen molar-refractivity contribution in [1.82, 2.24) is 30.0 Å². The minimum Gasteiger partial charge on any atom is -0.314 e.